The number of carbonyl (C=O) groups is 1. The topological polar surface area (TPSA) is 40.5 Å². The molecule has 1 N–H and O–H groups in total. The molecule has 0 heterocycles. The molecule has 0 saturated heterocycles. The third kappa shape index (κ3) is 1.92. The Labute approximate surface area is 85.1 Å². The van der Waals surface area contributed by atoms with Crippen molar-refractivity contribution < 1.29 is 9.90 Å². The van der Waals surface area contributed by atoms with E-state index in [2.05, 4.69) is 11.9 Å². The van der Waals surface area contributed by atoms with Crippen LogP contribution in [0.1, 0.15) is 38.5 Å². The predicted octanol–water partition coefficient (Wildman–Crippen LogP) is 1.72. The average Bonchev–Trinajstić information content (AvgIpc) is 3.00. The first-order valence-electron chi connectivity index (χ1n) is 5.65. The van der Waals surface area contributed by atoms with E-state index in [0.717, 1.165) is 19.3 Å². The van der Waals surface area contributed by atoms with E-state index in [1.165, 1.54) is 19.3 Å². The van der Waals surface area contributed by atoms with E-state index in [1.807, 2.05) is 0 Å². The minimum absolute atomic E-state index is 0.116. The molecule has 3 nitrogen and oxygen atoms in total. The Balaban J connectivity index is 2.01. The highest BCUT2D eigenvalue weighted by atomic mass is 16.4. The lowest BCUT2D eigenvalue weighted by Gasteiger charge is -2.35. The number of hydrogen-bond acceptors (Lipinski definition) is 2. The molecule has 0 aromatic rings. The van der Waals surface area contributed by atoms with Gasteiger partial charge in [0.05, 0.1) is 5.92 Å². The number of nitrogens with zero attached hydrogens (tertiary/aromatic N) is 1. The minimum Gasteiger partial charge on any atom is -0.481 e. The van der Waals surface area contributed by atoms with Gasteiger partial charge >= 0.3 is 5.97 Å². The zero-order valence-electron chi connectivity index (χ0n) is 8.78. The predicted molar refractivity (Wildman–Crippen MR) is 54.2 cm³/mol. The lowest BCUT2D eigenvalue weighted by Crippen LogP contribution is -2.44. The largest absolute Gasteiger partial charge is 0.481 e. The normalized spacial score (nSPS) is 33.3. The zero-order chi connectivity index (χ0) is 10.1. The van der Waals surface area contributed by atoms with Gasteiger partial charge in [0.1, 0.15) is 0 Å². The minimum atomic E-state index is -0.595. The molecule has 0 unspecified atom stereocenters. The number of rotatable bonds is 3. The highest BCUT2D eigenvalue weighted by Gasteiger charge is 2.38. The van der Waals surface area contributed by atoms with Gasteiger partial charge in [-0.3, -0.25) is 9.69 Å². The maximum absolute atomic E-state index is 11.1. The van der Waals surface area contributed by atoms with E-state index >= 15 is 0 Å². The first-order chi connectivity index (χ1) is 6.70. The monoisotopic (exact) mass is 197 g/mol. The van der Waals surface area contributed by atoms with Crippen LogP contribution in [0.4, 0.5) is 0 Å². The average molecular weight is 197 g/mol. The van der Waals surface area contributed by atoms with Crippen LogP contribution in [0.15, 0.2) is 0 Å². The van der Waals surface area contributed by atoms with Crippen molar-refractivity contribution in [2.45, 2.75) is 50.6 Å². The van der Waals surface area contributed by atoms with Gasteiger partial charge in [0.25, 0.3) is 0 Å². The second-order valence-corrected chi connectivity index (χ2v) is 4.69. The lowest BCUT2D eigenvalue weighted by molar-refractivity contribution is -0.145. The number of carboxylic acids is 1. The van der Waals surface area contributed by atoms with E-state index in [-0.39, 0.29) is 5.92 Å². The maximum atomic E-state index is 11.1. The van der Waals surface area contributed by atoms with Crippen LogP contribution >= 0.6 is 0 Å². The van der Waals surface area contributed by atoms with Gasteiger partial charge in [-0.25, -0.2) is 0 Å². The third-order valence-electron chi connectivity index (χ3n) is 3.69. The molecular weight excluding hydrogens is 178 g/mol. The van der Waals surface area contributed by atoms with Crippen LogP contribution in [0.2, 0.25) is 0 Å². The highest BCUT2D eigenvalue weighted by Crippen LogP contribution is 2.35. The molecule has 0 aliphatic heterocycles. The van der Waals surface area contributed by atoms with E-state index in [4.69, 9.17) is 5.11 Å². The van der Waals surface area contributed by atoms with Gasteiger partial charge in [-0.2, -0.15) is 0 Å². The quantitative estimate of drug-likeness (QED) is 0.749. The Bertz CT molecular complexity index is 225. The van der Waals surface area contributed by atoms with E-state index < -0.39 is 5.97 Å². The Morgan fingerprint density at radius 3 is 2.43 bits per heavy atom. The maximum Gasteiger partial charge on any atom is 0.308 e. The Kier molecular flexibility index (Phi) is 2.77. The third-order valence-corrected chi connectivity index (χ3v) is 3.69. The molecule has 0 aromatic carbocycles. The molecule has 2 atom stereocenters. The fraction of sp³-hybridized carbons (Fsp3) is 0.909. The van der Waals surface area contributed by atoms with E-state index in [0.29, 0.717) is 12.1 Å². The molecule has 0 amide bonds. The summed E-state index contributed by atoms with van der Waals surface area (Å²) in [6.45, 7) is 0. The Morgan fingerprint density at radius 2 is 1.86 bits per heavy atom. The second kappa shape index (κ2) is 3.89. The molecule has 0 aromatic heterocycles. The number of carboxylic acid groups (broad SMARTS) is 1. The smallest absolute Gasteiger partial charge is 0.308 e. The van der Waals surface area contributed by atoms with Gasteiger partial charge in [0, 0.05) is 12.1 Å². The van der Waals surface area contributed by atoms with Crippen molar-refractivity contribution in [2.24, 2.45) is 5.92 Å². The molecule has 80 valence electrons. The summed E-state index contributed by atoms with van der Waals surface area (Å²) in [5.41, 5.74) is 0. The molecule has 2 saturated carbocycles. The van der Waals surface area contributed by atoms with Gasteiger partial charge in [-0.05, 0) is 32.7 Å². The van der Waals surface area contributed by atoms with E-state index in [1.54, 1.807) is 0 Å². The molecule has 2 aliphatic carbocycles. The Morgan fingerprint density at radius 1 is 1.21 bits per heavy atom. The van der Waals surface area contributed by atoms with Crippen LogP contribution < -0.4 is 0 Å². The second-order valence-electron chi connectivity index (χ2n) is 4.69. The van der Waals surface area contributed by atoms with Gasteiger partial charge in [0.2, 0.25) is 0 Å². The molecule has 0 bridgehead atoms. The van der Waals surface area contributed by atoms with Crippen molar-refractivity contribution in [3.8, 4) is 0 Å². The summed E-state index contributed by atoms with van der Waals surface area (Å²) in [4.78, 5) is 13.4. The van der Waals surface area contributed by atoms with Gasteiger partial charge in [-0.1, -0.05) is 12.8 Å². The van der Waals surface area contributed by atoms with Crippen LogP contribution in [-0.2, 0) is 4.79 Å². The summed E-state index contributed by atoms with van der Waals surface area (Å²) in [5, 5.41) is 9.13. The van der Waals surface area contributed by atoms with Gasteiger partial charge in [-0.15, -0.1) is 0 Å². The van der Waals surface area contributed by atoms with Gasteiger partial charge < -0.3 is 5.11 Å². The molecule has 0 spiro atoms. The fourth-order valence-corrected chi connectivity index (χ4v) is 2.64. The number of hydrogen-bond donors (Lipinski definition) is 1. The molecule has 14 heavy (non-hydrogen) atoms. The summed E-state index contributed by atoms with van der Waals surface area (Å²) in [6.07, 6.45) is 6.76. The van der Waals surface area contributed by atoms with Crippen molar-refractivity contribution in [1.82, 2.24) is 4.90 Å². The molecule has 2 fully saturated rings. The molecule has 2 rings (SSSR count). The molecule has 2 aliphatic rings. The van der Waals surface area contributed by atoms with Crippen molar-refractivity contribution in [3.05, 3.63) is 0 Å². The lowest BCUT2D eigenvalue weighted by atomic mass is 9.83. The fourth-order valence-electron chi connectivity index (χ4n) is 2.64. The van der Waals surface area contributed by atoms with Crippen LogP contribution in [-0.4, -0.2) is 35.1 Å². The van der Waals surface area contributed by atoms with Crippen molar-refractivity contribution >= 4 is 5.97 Å². The van der Waals surface area contributed by atoms with Crippen LogP contribution in [0.5, 0.6) is 0 Å². The summed E-state index contributed by atoms with van der Waals surface area (Å²) in [7, 11) is 2.10. The Hall–Kier alpha value is -0.570. The van der Waals surface area contributed by atoms with Crippen LogP contribution in [0.25, 0.3) is 0 Å². The molecular formula is C11H19NO2. The van der Waals surface area contributed by atoms with Crippen molar-refractivity contribution in [3.63, 3.8) is 0 Å². The highest BCUT2D eigenvalue weighted by molar-refractivity contribution is 5.71. The molecule has 3 heteroatoms. The van der Waals surface area contributed by atoms with E-state index in [9.17, 15) is 4.79 Å². The summed E-state index contributed by atoms with van der Waals surface area (Å²) < 4.78 is 0. The van der Waals surface area contributed by atoms with Gasteiger partial charge in [0.15, 0.2) is 0 Å². The van der Waals surface area contributed by atoms with Crippen molar-refractivity contribution in [1.29, 1.82) is 0 Å². The summed E-state index contributed by atoms with van der Waals surface area (Å²) in [6, 6.07) is 0.980. The summed E-state index contributed by atoms with van der Waals surface area (Å²) in [5.74, 6) is -0.712. The SMILES string of the molecule is CN(C1CC1)[C@@H]1CCCC[C@@H]1C(=O)O. The zero-order valence-corrected chi connectivity index (χ0v) is 8.78. The first-order valence-corrected chi connectivity index (χ1v) is 5.65. The first kappa shape index (κ1) is 9.97. The molecule has 0 radical (unpaired) electrons. The summed E-state index contributed by atoms with van der Waals surface area (Å²) >= 11 is 0. The van der Waals surface area contributed by atoms with Crippen LogP contribution in [0, 0.1) is 5.92 Å². The number of aliphatic carboxylic acids is 1. The van der Waals surface area contributed by atoms with Crippen LogP contribution in [0.3, 0.4) is 0 Å². The standard InChI is InChI=1S/C11H19NO2/c1-12(8-6-7-8)10-5-3-2-4-9(10)11(13)14/h8-10H,2-7H2,1H3,(H,13,14)/t9-,10+/m0/s1. The van der Waals surface area contributed by atoms with Crippen molar-refractivity contribution in [2.75, 3.05) is 7.05 Å².